The van der Waals surface area contributed by atoms with Crippen LogP contribution in [0.25, 0.3) is 0 Å². The molecule has 27 heavy (non-hydrogen) atoms. The van der Waals surface area contributed by atoms with E-state index in [0.29, 0.717) is 17.7 Å². The van der Waals surface area contributed by atoms with Gasteiger partial charge in [-0.15, -0.1) is 5.10 Å². The van der Waals surface area contributed by atoms with Gasteiger partial charge in [0.05, 0.1) is 6.21 Å². The monoisotopic (exact) mass is 386 g/mol. The minimum absolute atomic E-state index is 0.160. The fourth-order valence-corrected chi connectivity index (χ4v) is 3.10. The highest BCUT2D eigenvalue weighted by atomic mass is 35.5. The quantitative estimate of drug-likeness (QED) is 0.323. The van der Waals surface area contributed by atoms with Crippen LogP contribution in [0.4, 0.5) is 0 Å². The van der Waals surface area contributed by atoms with Gasteiger partial charge in [0.2, 0.25) is 0 Å². The number of benzene rings is 1. The molecule has 0 aliphatic carbocycles. The summed E-state index contributed by atoms with van der Waals surface area (Å²) in [6.07, 6.45) is 5.20. The molecule has 3 rings (SSSR count). The molecule has 1 saturated heterocycles. The zero-order valence-electron chi connectivity index (χ0n) is 15.1. The lowest BCUT2D eigenvalue weighted by atomic mass is 9.90. The largest absolute Gasteiger partial charge is 0.484 e. The molecule has 0 radical (unpaired) electrons. The summed E-state index contributed by atoms with van der Waals surface area (Å²) in [6.45, 7) is 5.92. The SMILES string of the molecule is C=CCON=Cc1ccc(OC(c2ccc(Cl)nn2)C2CCNCC2)cc1. The third kappa shape index (κ3) is 5.77. The van der Waals surface area contributed by atoms with Crippen LogP contribution in [0, 0.1) is 5.92 Å². The number of nitrogens with one attached hydrogen (secondary N) is 1. The van der Waals surface area contributed by atoms with Crippen molar-refractivity contribution in [1.29, 1.82) is 0 Å². The van der Waals surface area contributed by atoms with E-state index in [-0.39, 0.29) is 6.10 Å². The summed E-state index contributed by atoms with van der Waals surface area (Å²) in [6, 6.07) is 11.4. The van der Waals surface area contributed by atoms with Crippen LogP contribution in [-0.2, 0) is 4.84 Å². The van der Waals surface area contributed by atoms with E-state index in [4.69, 9.17) is 21.2 Å². The van der Waals surface area contributed by atoms with Crippen LogP contribution in [0.5, 0.6) is 5.75 Å². The maximum Gasteiger partial charge on any atom is 0.151 e. The van der Waals surface area contributed by atoms with E-state index >= 15 is 0 Å². The number of nitrogens with zero attached hydrogens (tertiary/aromatic N) is 3. The highest BCUT2D eigenvalue weighted by molar-refractivity contribution is 6.29. The summed E-state index contributed by atoms with van der Waals surface area (Å²) in [5, 5.41) is 15.9. The van der Waals surface area contributed by atoms with Crippen LogP contribution < -0.4 is 10.1 Å². The Morgan fingerprint density at radius 2 is 1.96 bits per heavy atom. The number of piperidine rings is 1. The lowest BCUT2D eigenvalue weighted by Crippen LogP contribution is -2.33. The Kier molecular flexibility index (Phi) is 7.19. The molecule has 1 fully saturated rings. The normalized spacial score (nSPS) is 16.2. The summed E-state index contributed by atoms with van der Waals surface area (Å²) in [7, 11) is 0. The van der Waals surface area contributed by atoms with Gasteiger partial charge in [0.15, 0.2) is 5.15 Å². The van der Waals surface area contributed by atoms with Gasteiger partial charge in [-0.05, 0) is 67.9 Å². The molecule has 0 bridgehead atoms. The fourth-order valence-electron chi connectivity index (χ4n) is 3.00. The molecule has 1 atom stereocenters. The second-order valence-corrected chi connectivity index (χ2v) is 6.68. The summed E-state index contributed by atoms with van der Waals surface area (Å²) in [5.74, 6) is 1.15. The summed E-state index contributed by atoms with van der Waals surface area (Å²) in [5.41, 5.74) is 1.73. The Balaban J connectivity index is 1.72. The van der Waals surface area contributed by atoms with Crippen LogP contribution in [0.3, 0.4) is 0 Å². The van der Waals surface area contributed by atoms with Crippen molar-refractivity contribution in [3.63, 3.8) is 0 Å². The first kappa shape index (κ1) is 19.3. The van der Waals surface area contributed by atoms with Crippen LogP contribution >= 0.6 is 11.6 Å². The molecule has 1 aliphatic rings. The van der Waals surface area contributed by atoms with Gasteiger partial charge in [-0.3, -0.25) is 0 Å². The van der Waals surface area contributed by atoms with Crippen molar-refractivity contribution in [3.8, 4) is 5.75 Å². The van der Waals surface area contributed by atoms with E-state index in [1.165, 1.54) is 0 Å². The molecule has 0 amide bonds. The molecule has 7 heteroatoms. The van der Waals surface area contributed by atoms with Crippen LogP contribution in [0.1, 0.15) is 30.2 Å². The lowest BCUT2D eigenvalue weighted by Gasteiger charge is -2.30. The Morgan fingerprint density at radius 3 is 2.63 bits per heavy atom. The van der Waals surface area contributed by atoms with Gasteiger partial charge in [0.25, 0.3) is 0 Å². The molecule has 6 nitrogen and oxygen atoms in total. The minimum atomic E-state index is -0.160. The molecular weight excluding hydrogens is 364 g/mol. The third-order valence-corrected chi connectivity index (χ3v) is 4.57. The molecule has 1 aliphatic heterocycles. The summed E-state index contributed by atoms with van der Waals surface area (Å²) >= 11 is 5.89. The number of ether oxygens (including phenoxy) is 1. The second kappa shape index (κ2) is 10.0. The number of halogens is 1. The molecule has 1 aromatic heterocycles. The van der Waals surface area contributed by atoms with Crippen molar-refractivity contribution in [2.75, 3.05) is 19.7 Å². The van der Waals surface area contributed by atoms with E-state index in [9.17, 15) is 0 Å². The molecular formula is C20H23ClN4O2. The minimum Gasteiger partial charge on any atom is -0.484 e. The van der Waals surface area contributed by atoms with Gasteiger partial charge >= 0.3 is 0 Å². The summed E-state index contributed by atoms with van der Waals surface area (Å²) in [4.78, 5) is 5.02. The number of rotatable bonds is 8. The van der Waals surface area contributed by atoms with E-state index in [1.54, 1.807) is 18.4 Å². The van der Waals surface area contributed by atoms with E-state index in [2.05, 4.69) is 27.2 Å². The van der Waals surface area contributed by atoms with Crippen molar-refractivity contribution in [1.82, 2.24) is 15.5 Å². The molecule has 142 valence electrons. The third-order valence-electron chi connectivity index (χ3n) is 4.37. The summed E-state index contributed by atoms with van der Waals surface area (Å²) < 4.78 is 6.32. The number of hydrogen-bond acceptors (Lipinski definition) is 6. The van der Waals surface area contributed by atoms with Gasteiger partial charge in [-0.25, -0.2) is 0 Å². The number of oxime groups is 1. The maximum absolute atomic E-state index is 6.32. The number of hydrogen-bond donors (Lipinski definition) is 1. The highest BCUT2D eigenvalue weighted by Gasteiger charge is 2.28. The molecule has 1 N–H and O–H groups in total. The Hall–Kier alpha value is -2.44. The molecule has 2 heterocycles. The first-order valence-electron chi connectivity index (χ1n) is 8.99. The van der Waals surface area contributed by atoms with Gasteiger partial charge in [-0.1, -0.05) is 29.4 Å². The van der Waals surface area contributed by atoms with E-state index in [1.807, 2.05) is 30.3 Å². The second-order valence-electron chi connectivity index (χ2n) is 6.29. The Bertz CT molecular complexity index is 744. The zero-order chi connectivity index (χ0) is 18.9. The Morgan fingerprint density at radius 1 is 1.19 bits per heavy atom. The van der Waals surface area contributed by atoms with Crippen molar-refractivity contribution in [2.45, 2.75) is 18.9 Å². The van der Waals surface area contributed by atoms with Crippen molar-refractivity contribution < 1.29 is 9.57 Å². The van der Waals surface area contributed by atoms with E-state index < -0.39 is 0 Å². The van der Waals surface area contributed by atoms with Crippen LogP contribution in [-0.4, -0.2) is 36.1 Å². The predicted octanol–water partition coefficient (Wildman–Crippen LogP) is 3.79. The van der Waals surface area contributed by atoms with Gasteiger partial charge in [0, 0.05) is 5.92 Å². The smallest absolute Gasteiger partial charge is 0.151 e. The van der Waals surface area contributed by atoms with Crippen LogP contribution in [0.15, 0.2) is 54.2 Å². The molecule has 2 aromatic rings. The Labute approximate surface area is 164 Å². The molecule has 1 aromatic carbocycles. The first-order valence-corrected chi connectivity index (χ1v) is 9.37. The van der Waals surface area contributed by atoms with Gasteiger partial charge in [-0.2, -0.15) is 5.10 Å². The van der Waals surface area contributed by atoms with Crippen molar-refractivity contribution in [3.05, 3.63) is 65.5 Å². The van der Waals surface area contributed by atoms with Gasteiger partial charge in [0.1, 0.15) is 24.2 Å². The zero-order valence-corrected chi connectivity index (χ0v) is 15.8. The number of aromatic nitrogens is 2. The molecule has 0 spiro atoms. The molecule has 0 saturated carbocycles. The lowest BCUT2D eigenvalue weighted by molar-refractivity contribution is 0.108. The van der Waals surface area contributed by atoms with Crippen molar-refractivity contribution >= 4 is 17.8 Å². The van der Waals surface area contributed by atoms with Crippen molar-refractivity contribution in [2.24, 2.45) is 11.1 Å². The van der Waals surface area contributed by atoms with Crippen LogP contribution in [0.2, 0.25) is 5.15 Å². The average molecular weight is 387 g/mol. The first-order chi connectivity index (χ1) is 13.3. The fraction of sp³-hybridized carbons (Fsp3) is 0.350. The molecule has 1 unspecified atom stereocenters. The standard InChI is InChI=1S/C20H23ClN4O2/c1-2-13-26-23-14-15-3-5-17(6-4-15)27-20(16-9-11-22-12-10-16)18-7-8-19(21)25-24-18/h2-8,14,16,20,22H,1,9-13H2. The predicted molar refractivity (Wildman–Crippen MR) is 106 cm³/mol. The maximum atomic E-state index is 6.32. The van der Waals surface area contributed by atoms with E-state index in [0.717, 1.165) is 42.9 Å². The highest BCUT2D eigenvalue weighted by Crippen LogP contribution is 2.32. The topological polar surface area (TPSA) is 68.6 Å². The van der Waals surface area contributed by atoms with Gasteiger partial charge < -0.3 is 14.9 Å². The average Bonchev–Trinajstić information content (AvgIpc) is 2.72.